The molecule has 0 heterocycles. The molecular weight excluding hydrogens is 206 g/mol. The van der Waals surface area contributed by atoms with Gasteiger partial charge in [0.05, 0.1) is 0 Å². The van der Waals surface area contributed by atoms with Crippen LogP contribution in [-0.4, -0.2) is 22.0 Å². The zero-order valence-corrected chi connectivity index (χ0v) is 8.08. The van der Waals surface area contributed by atoms with Crippen LogP contribution in [0.25, 0.3) is 0 Å². The Bertz CT molecular complexity index is 341. The number of carbonyl (C=O) groups is 1. The predicted molar refractivity (Wildman–Crippen MR) is 52.3 cm³/mol. The monoisotopic (exact) mass is 215 g/mol. The summed E-state index contributed by atoms with van der Waals surface area (Å²) in [6.07, 6.45) is 0. The Morgan fingerprint density at radius 2 is 2.07 bits per heavy atom. The molecule has 0 aliphatic carbocycles. The molecule has 0 spiro atoms. The van der Waals surface area contributed by atoms with Gasteiger partial charge >= 0.3 is 0 Å². The minimum absolute atomic E-state index is 0.0932. The van der Waals surface area contributed by atoms with Crippen molar-refractivity contribution in [3.8, 4) is 11.5 Å². The van der Waals surface area contributed by atoms with Gasteiger partial charge in [-0.05, 0) is 17.7 Å². The molecule has 0 radical (unpaired) electrons. The van der Waals surface area contributed by atoms with Gasteiger partial charge in [-0.25, -0.2) is 0 Å². The SMILES string of the molecule is O=C(CCl)NCc1ccc(O)c(O)c1. The van der Waals surface area contributed by atoms with E-state index in [0.29, 0.717) is 5.56 Å². The summed E-state index contributed by atoms with van der Waals surface area (Å²) in [6, 6.07) is 4.34. The van der Waals surface area contributed by atoms with Crippen LogP contribution in [0.15, 0.2) is 18.2 Å². The number of benzene rings is 1. The molecule has 1 rings (SSSR count). The first-order chi connectivity index (χ1) is 6.63. The Kier molecular flexibility index (Phi) is 3.59. The van der Waals surface area contributed by atoms with Crippen molar-refractivity contribution < 1.29 is 15.0 Å². The number of phenolic OH excluding ortho intramolecular Hbond substituents is 2. The van der Waals surface area contributed by atoms with Crippen LogP contribution in [0.1, 0.15) is 5.56 Å². The second-order valence-corrected chi connectivity index (χ2v) is 3.00. The van der Waals surface area contributed by atoms with E-state index in [1.54, 1.807) is 6.07 Å². The minimum atomic E-state index is -0.278. The fourth-order valence-electron chi connectivity index (χ4n) is 0.927. The lowest BCUT2D eigenvalue weighted by molar-refractivity contribution is -0.118. The van der Waals surface area contributed by atoms with Gasteiger partial charge in [0.1, 0.15) is 5.88 Å². The van der Waals surface area contributed by atoms with Gasteiger partial charge in [0.15, 0.2) is 11.5 Å². The summed E-state index contributed by atoms with van der Waals surface area (Å²) < 4.78 is 0. The highest BCUT2D eigenvalue weighted by atomic mass is 35.5. The second-order valence-electron chi connectivity index (χ2n) is 2.73. The molecule has 3 N–H and O–H groups in total. The largest absolute Gasteiger partial charge is 0.504 e. The lowest BCUT2D eigenvalue weighted by atomic mass is 10.2. The molecular formula is C9H10ClNO3. The summed E-state index contributed by atoms with van der Waals surface area (Å²) in [4.78, 5) is 10.8. The van der Waals surface area contributed by atoms with Crippen LogP contribution >= 0.6 is 11.6 Å². The molecule has 0 saturated carbocycles. The van der Waals surface area contributed by atoms with Crippen LogP contribution < -0.4 is 5.32 Å². The molecule has 0 unspecified atom stereocenters. The predicted octanol–water partition coefficient (Wildman–Crippen LogP) is 0.953. The number of rotatable bonds is 3. The van der Waals surface area contributed by atoms with Gasteiger partial charge in [0, 0.05) is 6.54 Å². The average molecular weight is 216 g/mol. The smallest absolute Gasteiger partial charge is 0.235 e. The Morgan fingerprint density at radius 3 is 2.64 bits per heavy atom. The number of hydrogen-bond donors (Lipinski definition) is 3. The standard InChI is InChI=1S/C9H10ClNO3/c10-4-9(14)11-5-6-1-2-7(12)8(13)3-6/h1-3,12-13H,4-5H2,(H,11,14). The van der Waals surface area contributed by atoms with E-state index in [1.807, 2.05) is 0 Å². The van der Waals surface area contributed by atoms with Crippen LogP contribution in [0.2, 0.25) is 0 Å². The summed E-state index contributed by atoms with van der Waals surface area (Å²) in [5, 5.41) is 20.7. The Balaban J connectivity index is 2.60. The van der Waals surface area contributed by atoms with Gasteiger partial charge in [0.25, 0.3) is 0 Å². The van der Waals surface area contributed by atoms with Gasteiger partial charge in [0.2, 0.25) is 5.91 Å². The van der Waals surface area contributed by atoms with Gasteiger partial charge in [-0.15, -0.1) is 11.6 Å². The van der Waals surface area contributed by atoms with Crippen molar-refractivity contribution >= 4 is 17.5 Å². The lowest BCUT2D eigenvalue weighted by Crippen LogP contribution is -2.23. The van der Waals surface area contributed by atoms with E-state index in [4.69, 9.17) is 21.8 Å². The van der Waals surface area contributed by atoms with Crippen molar-refractivity contribution in [3.63, 3.8) is 0 Å². The van der Waals surface area contributed by atoms with Crippen molar-refractivity contribution in [2.75, 3.05) is 5.88 Å². The molecule has 0 aromatic heterocycles. The molecule has 14 heavy (non-hydrogen) atoms. The van der Waals surface area contributed by atoms with Crippen LogP contribution in [0, 0.1) is 0 Å². The van der Waals surface area contributed by atoms with E-state index in [0.717, 1.165) is 0 Å². The van der Waals surface area contributed by atoms with Crippen LogP contribution in [-0.2, 0) is 11.3 Å². The number of aromatic hydroxyl groups is 2. The second kappa shape index (κ2) is 4.72. The van der Waals surface area contributed by atoms with Gasteiger partial charge in [-0.3, -0.25) is 4.79 Å². The fraction of sp³-hybridized carbons (Fsp3) is 0.222. The van der Waals surface area contributed by atoms with E-state index < -0.39 is 0 Å². The molecule has 0 aliphatic rings. The first-order valence-electron chi connectivity index (χ1n) is 3.97. The summed E-state index contributed by atoms with van der Waals surface area (Å²) in [5.74, 6) is -0.761. The first-order valence-corrected chi connectivity index (χ1v) is 4.50. The quantitative estimate of drug-likeness (QED) is 0.520. The van der Waals surface area contributed by atoms with Crippen LogP contribution in [0.4, 0.5) is 0 Å². The van der Waals surface area contributed by atoms with Gasteiger partial charge in [-0.2, -0.15) is 0 Å². The van der Waals surface area contributed by atoms with Crippen LogP contribution in [0.5, 0.6) is 11.5 Å². The van der Waals surface area contributed by atoms with E-state index >= 15 is 0 Å². The molecule has 1 aromatic rings. The molecule has 0 atom stereocenters. The number of carbonyl (C=O) groups excluding carboxylic acids is 1. The molecule has 0 bridgehead atoms. The zero-order chi connectivity index (χ0) is 10.6. The van der Waals surface area contributed by atoms with Crippen molar-refractivity contribution in [1.29, 1.82) is 0 Å². The Hall–Kier alpha value is -1.42. The molecule has 0 fully saturated rings. The molecule has 1 amide bonds. The maximum Gasteiger partial charge on any atom is 0.235 e. The normalized spacial score (nSPS) is 9.79. The van der Waals surface area contributed by atoms with Crippen molar-refractivity contribution in [3.05, 3.63) is 23.8 Å². The molecule has 0 saturated heterocycles. The maximum atomic E-state index is 10.8. The molecule has 1 aromatic carbocycles. The highest BCUT2D eigenvalue weighted by Gasteiger charge is 2.02. The van der Waals surface area contributed by atoms with E-state index in [-0.39, 0.29) is 29.8 Å². The molecule has 5 heteroatoms. The van der Waals surface area contributed by atoms with Crippen molar-refractivity contribution in [2.45, 2.75) is 6.54 Å². The van der Waals surface area contributed by atoms with Gasteiger partial charge in [-0.1, -0.05) is 6.07 Å². The molecule has 76 valence electrons. The number of hydrogen-bond acceptors (Lipinski definition) is 3. The summed E-state index contributed by atoms with van der Waals surface area (Å²) in [5.41, 5.74) is 0.693. The number of phenols is 2. The number of alkyl halides is 1. The number of nitrogens with one attached hydrogen (secondary N) is 1. The fourth-order valence-corrected chi connectivity index (χ4v) is 1.02. The van der Waals surface area contributed by atoms with Gasteiger partial charge < -0.3 is 15.5 Å². The average Bonchev–Trinajstić information content (AvgIpc) is 2.19. The lowest BCUT2D eigenvalue weighted by Gasteiger charge is -2.04. The minimum Gasteiger partial charge on any atom is -0.504 e. The van der Waals surface area contributed by atoms with E-state index in [9.17, 15) is 4.79 Å². The van der Waals surface area contributed by atoms with E-state index in [1.165, 1.54) is 12.1 Å². The van der Waals surface area contributed by atoms with E-state index in [2.05, 4.69) is 5.32 Å². The Labute approximate surface area is 86.1 Å². The molecule has 4 nitrogen and oxygen atoms in total. The highest BCUT2D eigenvalue weighted by molar-refractivity contribution is 6.27. The summed E-state index contributed by atoms with van der Waals surface area (Å²) in [6.45, 7) is 0.277. The molecule has 0 aliphatic heterocycles. The first kappa shape index (κ1) is 10.7. The zero-order valence-electron chi connectivity index (χ0n) is 7.33. The third-order valence-electron chi connectivity index (χ3n) is 1.65. The highest BCUT2D eigenvalue weighted by Crippen LogP contribution is 2.24. The summed E-state index contributed by atoms with van der Waals surface area (Å²) in [7, 11) is 0. The number of amides is 1. The van der Waals surface area contributed by atoms with Crippen molar-refractivity contribution in [1.82, 2.24) is 5.32 Å². The third kappa shape index (κ3) is 2.81. The van der Waals surface area contributed by atoms with Crippen LogP contribution in [0.3, 0.4) is 0 Å². The Morgan fingerprint density at radius 1 is 1.36 bits per heavy atom. The number of halogens is 1. The third-order valence-corrected chi connectivity index (χ3v) is 1.89. The topological polar surface area (TPSA) is 69.6 Å². The van der Waals surface area contributed by atoms with Crippen molar-refractivity contribution in [2.24, 2.45) is 0 Å². The maximum absolute atomic E-state index is 10.8. The summed E-state index contributed by atoms with van der Waals surface area (Å²) >= 11 is 5.27.